The van der Waals surface area contributed by atoms with E-state index < -0.39 is 0 Å². The third-order valence-corrected chi connectivity index (χ3v) is 7.08. The highest BCUT2D eigenvalue weighted by atomic mass is 32.2. The maximum absolute atomic E-state index is 11.2. The van der Waals surface area contributed by atoms with Crippen LogP contribution in [0.4, 0.5) is 5.69 Å². The molecule has 1 unspecified atom stereocenters. The van der Waals surface area contributed by atoms with Crippen molar-refractivity contribution >= 4 is 34.4 Å². The molecule has 7 nitrogen and oxygen atoms in total. The maximum atomic E-state index is 11.2. The van der Waals surface area contributed by atoms with Gasteiger partial charge in [-0.2, -0.15) is 0 Å². The lowest BCUT2D eigenvalue weighted by Crippen LogP contribution is -2.14. The van der Waals surface area contributed by atoms with Crippen LogP contribution in [0, 0.1) is 0 Å². The summed E-state index contributed by atoms with van der Waals surface area (Å²) in [5, 5.41) is 6.79. The normalized spacial score (nSPS) is 15.3. The van der Waals surface area contributed by atoms with Crippen molar-refractivity contribution < 1.29 is 14.3 Å². The Hall–Kier alpha value is -3.49. The molecule has 35 heavy (non-hydrogen) atoms. The molecule has 4 aromatic rings. The SMILES string of the molecule is CC(=O)Nc1ccc(Oc2ccc3nc(COc4ccc(CC5CNCS5)cc4)n(C)c3c2)cc1. The molecule has 8 heteroatoms. The zero-order valence-electron chi connectivity index (χ0n) is 19.8. The molecule has 1 amide bonds. The molecule has 0 saturated carbocycles. The van der Waals surface area contributed by atoms with E-state index >= 15 is 0 Å². The molecule has 1 fully saturated rings. The van der Waals surface area contributed by atoms with Crippen LogP contribution < -0.4 is 20.1 Å². The topological polar surface area (TPSA) is 77.4 Å². The van der Waals surface area contributed by atoms with E-state index in [4.69, 9.17) is 14.5 Å². The lowest BCUT2D eigenvalue weighted by Gasteiger charge is -2.10. The van der Waals surface area contributed by atoms with Gasteiger partial charge in [0.1, 0.15) is 29.7 Å². The average molecular weight is 489 g/mol. The number of benzene rings is 3. The second-order valence-corrected chi connectivity index (χ2v) is 9.86. The smallest absolute Gasteiger partial charge is 0.221 e. The number of aryl methyl sites for hydroxylation is 1. The fourth-order valence-electron chi connectivity index (χ4n) is 4.08. The lowest BCUT2D eigenvalue weighted by atomic mass is 10.1. The van der Waals surface area contributed by atoms with Gasteiger partial charge < -0.3 is 24.7 Å². The number of rotatable bonds is 8. The van der Waals surface area contributed by atoms with Crippen molar-refractivity contribution in [2.24, 2.45) is 7.05 Å². The number of imidazole rings is 1. The third-order valence-electron chi connectivity index (χ3n) is 5.90. The van der Waals surface area contributed by atoms with Gasteiger partial charge in [0.2, 0.25) is 5.91 Å². The zero-order valence-corrected chi connectivity index (χ0v) is 20.6. The van der Waals surface area contributed by atoms with Crippen molar-refractivity contribution in [1.82, 2.24) is 14.9 Å². The second kappa shape index (κ2) is 10.4. The number of nitrogens with one attached hydrogen (secondary N) is 2. The van der Waals surface area contributed by atoms with Crippen LogP contribution in [-0.4, -0.2) is 33.1 Å². The van der Waals surface area contributed by atoms with Crippen LogP contribution in [0.5, 0.6) is 17.2 Å². The number of thioether (sulfide) groups is 1. The fraction of sp³-hybridized carbons (Fsp3) is 0.259. The average Bonchev–Trinajstić information content (AvgIpc) is 3.47. The molecule has 1 atom stereocenters. The van der Waals surface area contributed by atoms with Crippen molar-refractivity contribution in [3.8, 4) is 17.2 Å². The first-order valence-corrected chi connectivity index (χ1v) is 12.6. The minimum Gasteiger partial charge on any atom is -0.486 e. The minimum absolute atomic E-state index is 0.103. The first-order chi connectivity index (χ1) is 17.0. The third kappa shape index (κ3) is 5.78. The highest BCUT2D eigenvalue weighted by Gasteiger charge is 2.15. The number of hydrogen-bond acceptors (Lipinski definition) is 6. The molecule has 1 aromatic heterocycles. The van der Waals surface area contributed by atoms with Gasteiger partial charge in [-0.3, -0.25) is 4.79 Å². The van der Waals surface area contributed by atoms with E-state index in [2.05, 4.69) is 22.8 Å². The predicted molar refractivity (Wildman–Crippen MR) is 140 cm³/mol. The van der Waals surface area contributed by atoms with Gasteiger partial charge >= 0.3 is 0 Å². The summed E-state index contributed by atoms with van der Waals surface area (Å²) in [6, 6.07) is 21.5. The fourth-order valence-corrected chi connectivity index (χ4v) is 5.09. The summed E-state index contributed by atoms with van der Waals surface area (Å²) < 4.78 is 14.1. The largest absolute Gasteiger partial charge is 0.486 e. The Morgan fingerprint density at radius 2 is 1.83 bits per heavy atom. The minimum atomic E-state index is -0.103. The molecule has 0 radical (unpaired) electrons. The van der Waals surface area contributed by atoms with Crippen LogP contribution >= 0.6 is 11.8 Å². The molecule has 3 aromatic carbocycles. The van der Waals surface area contributed by atoms with E-state index in [9.17, 15) is 4.79 Å². The van der Waals surface area contributed by atoms with Crippen LogP contribution in [0.15, 0.2) is 66.7 Å². The summed E-state index contributed by atoms with van der Waals surface area (Å²) in [5.74, 6) is 4.03. The first kappa shape index (κ1) is 23.3. The van der Waals surface area contributed by atoms with E-state index in [1.807, 2.05) is 78.0 Å². The number of anilines is 1. The van der Waals surface area contributed by atoms with Gasteiger partial charge in [-0.1, -0.05) is 12.1 Å². The van der Waals surface area contributed by atoms with Gasteiger partial charge in [-0.25, -0.2) is 4.98 Å². The van der Waals surface area contributed by atoms with Crippen LogP contribution in [-0.2, 0) is 24.9 Å². The number of amides is 1. The van der Waals surface area contributed by atoms with Gasteiger partial charge in [0, 0.05) is 43.4 Å². The Kier molecular flexibility index (Phi) is 6.92. The molecule has 0 aliphatic carbocycles. The number of carbonyl (C=O) groups excluding carboxylic acids is 1. The van der Waals surface area contributed by atoms with E-state index in [1.54, 1.807) is 0 Å². The van der Waals surface area contributed by atoms with Crippen molar-refractivity contribution in [2.75, 3.05) is 17.7 Å². The Bertz CT molecular complexity index is 1310. The van der Waals surface area contributed by atoms with E-state index in [1.165, 1.54) is 12.5 Å². The Morgan fingerprint density at radius 3 is 2.54 bits per heavy atom. The Labute approximate surface area is 208 Å². The van der Waals surface area contributed by atoms with E-state index in [0.717, 1.165) is 47.1 Å². The highest BCUT2D eigenvalue weighted by Crippen LogP contribution is 2.27. The molecule has 1 aliphatic heterocycles. The van der Waals surface area contributed by atoms with Crippen LogP contribution in [0.2, 0.25) is 0 Å². The number of aromatic nitrogens is 2. The molecule has 2 heterocycles. The van der Waals surface area contributed by atoms with Gasteiger partial charge in [0.05, 0.1) is 11.0 Å². The molecule has 2 N–H and O–H groups in total. The molecular weight excluding hydrogens is 460 g/mol. The van der Waals surface area contributed by atoms with E-state index in [-0.39, 0.29) is 5.91 Å². The standard InChI is InChI=1S/C27H28N4O3S/c1-18(32)29-20-5-9-22(10-6-20)34-23-11-12-25-26(14-23)31(2)27(30-25)16-33-21-7-3-19(4-8-21)13-24-15-28-17-35-24/h3-12,14,24,28H,13,15-17H2,1-2H3,(H,29,32). The van der Waals surface area contributed by atoms with Crippen molar-refractivity contribution in [1.29, 1.82) is 0 Å². The van der Waals surface area contributed by atoms with Crippen LogP contribution in [0.25, 0.3) is 11.0 Å². The maximum Gasteiger partial charge on any atom is 0.221 e. The molecule has 1 aliphatic rings. The molecule has 5 rings (SSSR count). The van der Waals surface area contributed by atoms with Crippen molar-refractivity contribution in [3.63, 3.8) is 0 Å². The van der Waals surface area contributed by atoms with Gasteiger partial charge in [-0.15, -0.1) is 11.8 Å². The summed E-state index contributed by atoms with van der Waals surface area (Å²) in [6.07, 6.45) is 1.08. The number of fused-ring (bicyclic) bond motifs is 1. The van der Waals surface area contributed by atoms with Gasteiger partial charge in [0.25, 0.3) is 0 Å². The number of ether oxygens (including phenoxy) is 2. The summed E-state index contributed by atoms with van der Waals surface area (Å²) in [7, 11) is 1.98. The van der Waals surface area contributed by atoms with Gasteiger partial charge in [-0.05, 0) is 60.5 Å². The monoisotopic (exact) mass is 488 g/mol. The highest BCUT2D eigenvalue weighted by molar-refractivity contribution is 8.00. The van der Waals surface area contributed by atoms with Crippen molar-refractivity contribution in [2.45, 2.75) is 25.2 Å². The Morgan fingerprint density at radius 1 is 1.09 bits per heavy atom. The number of nitrogens with zero attached hydrogens (tertiary/aromatic N) is 2. The zero-order chi connectivity index (χ0) is 24.2. The van der Waals surface area contributed by atoms with Gasteiger partial charge in [0.15, 0.2) is 0 Å². The predicted octanol–water partition coefficient (Wildman–Crippen LogP) is 5.11. The van der Waals surface area contributed by atoms with Crippen LogP contribution in [0.1, 0.15) is 18.3 Å². The quantitative estimate of drug-likeness (QED) is 0.359. The molecule has 0 bridgehead atoms. The summed E-state index contributed by atoms with van der Waals surface area (Å²) in [5.41, 5.74) is 3.92. The summed E-state index contributed by atoms with van der Waals surface area (Å²) in [4.78, 5) is 15.9. The Balaban J connectivity index is 1.22. The molecule has 180 valence electrons. The number of hydrogen-bond donors (Lipinski definition) is 2. The van der Waals surface area contributed by atoms with Crippen LogP contribution in [0.3, 0.4) is 0 Å². The molecule has 1 saturated heterocycles. The second-order valence-electron chi connectivity index (χ2n) is 8.57. The van der Waals surface area contributed by atoms with Crippen molar-refractivity contribution in [3.05, 3.63) is 78.1 Å². The van der Waals surface area contributed by atoms with E-state index in [0.29, 0.717) is 23.4 Å². The lowest BCUT2D eigenvalue weighted by molar-refractivity contribution is -0.114. The first-order valence-electron chi connectivity index (χ1n) is 11.6. The number of carbonyl (C=O) groups is 1. The molecular formula is C27H28N4O3S. The molecule has 0 spiro atoms. The summed E-state index contributed by atoms with van der Waals surface area (Å²) in [6.45, 7) is 2.94. The summed E-state index contributed by atoms with van der Waals surface area (Å²) >= 11 is 1.98.